The van der Waals surface area contributed by atoms with Crippen LogP contribution in [0.1, 0.15) is 31.8 Å². The number of nitrogens with one attached hydrogen (secondary N) is 2. The van der Waals surface area contributed by atoms with Gasteiger partial charge in [-0.2, -0.15) is 13.2 Å². The summed E-state index contributed by atoms with van der Waals surface area (Å²) in [5.74, 6) is -0.157. The molecule has 1 aliphatic rings. The van der Waals surface area contributed by atoms with E-state index in [1.807, 2.05) is 6.07 Å². The Labute approximate surface area is 187 Å². The third-order valence-corrected chi connectivity index (χ3v) is 4.95. The maximum absolute atomic E-state index is 13.2. The van der Waals surface area contributed by atoms with Crippen molar-refractivity contribution in [2.45, 2.75) is 12.7 Å². The Balaban J connectivity index is 1.45. The third-order valence-electron chi connectivity index (χ3n) is 4.95. The summed E-state index contributed by atoms with van der Waals surface area (Å²) in [6, 6.07) is 15.8. The maximum atomic E-state index is 13.2. The van der Waals surface area contributed by atoms with Crippen molar-refractivity contribution >= 4 is 17.5 Å². The van der Waals surface area contributed by atoms with Crippen molar-refractivity contribution in [3.63, 3.8) is 0 Å². The van der Waals surface area contributed by atoms with E-state index >= 15 is 0 Å². The highest BCUT2D eigenvalue weighted by Gasteiger charge is 2.34. The molecule has 6 nitrogen and oxygen atoms in total. The summed E-state index contributed by atoms with van der Waals surface area (Å²) in [6.45, 7) is 1.05. The predicted molar refractivity (Wildman–Crippen MR) is 114 cm³/mol. The number of rotatable bonds is 5. The smallest absolute Gasteiger partial charge is 0.417 e. The number of amides is 2. The van der Waals surface area contributed by atoms with Gasteiger partial charge in [0.2, 0.25) is 0 Å². The van der Waals surface area contributed by atoms with Gasteiger partial charge in [0.25, 0.3) is 11.8 Å². The lowest BCUT2D eigenvalue weighted by Gasteiger charge is -2.21. The Kier molecular flexibility index (Phi) is 6.21. The summed E-state index contributed by atoms with van der Waals surface area (Å²) in [7, 11) is 0. The van der Waals surface area contributed by atoms with Gasteiger partial charge in [0.05, 0.1) is 11.1 Å². The molecule has 33 heavy (non-hydrogen) atoms. The molecule has 0 fully saturated rings. The lowest BCUT2D eigenvalue weighted by molar-refractivity contribution is -0.137. The molecule has 4 rings (SSSR count). The average Bonchev–Trinajstić information content (AvgIpc) is 2.82. The summed E-state index contributed by atoms with van der Waals surface area (Å²) in [4.78, 5) is 25.1. The number of carbonyl (C=O) groups excluding carboxylic acids is 2. The fraction of sp³-hybridized carbons (Fsp3) is 0.167. The Morgan fingerprint density at radius 2 is 1.64 bits per heavy atom. The monoisotopic (exact) mass is 456 g/mol. The number of carbonyl (C=O) groups is 2. The van der Waals surface area contributed by atoms with Crippen LogP contribution in [0, 0.1) is 0 Å². The van der Waals surface area contributed by atoms with Gasteiger partial charge in [-0.3, -0.25) is 9.59 Å². The first-order chi connectivity index (χ1) is 15.8. The molecule has 1 heterocycles. The van der Waals surface area contributed by atoms with Gasteiger partial charge >= 0.3 is 6.18 Å². The molecule has 2 amide bonds. The van der Waals surface area contributed by atoms with Crippen molar-refractivity contribution in [2.24, 2.45) is 0 Å². The second kappa shape index (κ2) is 9.23. The molecule has 3 aromatic carbocycles. The highest BCUT2D eigenvalue weighted by Crippen LogP contribution is 2.34. The van der Waals surface area contributed by atoms with Crippen molar-refractivity contribution in [3.8, 4) is 11.5 Å². The molecule has 0 radical (unpaired) electrons. The Hall–Kier alpha value is -4.01. The molecule has 0 aliphatic carbocycles. The molecule has 0 spiro atoms. The molecule has 0 aromatic heterocycles. The standard InChI is InChI=1S/C24H19F3N2O4/c25-24(26,27)19-9-2-1-8-18(19)23(31)29-17-7-3-5-15(13-17)22(30)28-14-16-6-4-10-20-21(16)33-12-11-32-20/h1-10,13H,11-12,14H2,(H,28,30)(H,29,31). The second-order valence-corrected chi connectivity index (χ2v) is 7.20. The molecule has 2 N–H and O–H groups in total. The summed E-state index contributed by atoms with van der Waals surface area (Å²) in [6.07, 6.45) is -4.67. The summed E-state index contributed by atoms with van der Waals surface area (Å²) < 4.78 is 50.7. The summed E-state index contributed by atoms with van der Waals surface area (Å²) in [5.41, 5.74) is -0.365. The van der Waals surface area contributed by atoms with Gasteiger partial charge in [0.1, 0.15) is 13.2 Å². The average molecular weight is 456 g/mol. The van der Waals surface area contributed by atoms with Gasteiger partial charge in [-0.25, -0.2) is 0 Å². The van der Waals surface area contributed by atoms with Crippen molar-refractivity contribution in [2.75, 3.05) is 18.5 Å². The highest BCUT2D eigenvalue weighted by molar-refractivity contribution is 6.06. The van der Waals surface area contributed by atoms with Crippen LogP contribution in [0.15, 0.2) is 66.7 Å². The lowest BCUT2D eigenvalue weighted by atomic mass is 10.1. The molecule has 9 heteroatoms. The van der Waals surface area contributed by atoms with Crippen LogP contribution in [-0.2, 0) is 12.7 Å². The van der Waals surface area contributed by atoms with E-state index in [1.165, 1.54) is 36.4 Å². The van der Waals surface area contributed by atoms with Crippen LogP contribution >= 0.6 is 0 Å². The number of anilines is 1. The number of hydrogen-bond donors (Lipinski definition) is 2. The molecule has 0 atom stereocenters. The largest absolute Gasteiger partial charge is 0.486 e. The van der Waals surface area contributed by atoms with Crippen LogP contribution in [0.4, 0.5) is 18.9 Å². The third kappa shape index (κ3) is 5.08. The first-order valence-electron chi connectivity index (χ1n) is 10.1. The SMILES string of the molecule is O=C(NCc1cccc2c1OCCO2)c1cccc(NC(=O)c2ccccc2C(F)(F)F)c1. The number of halogens is 3. The van der Waals surface area contributed by atoms with Crippen molar-refractivity contribution in [3.05, 3.63) is 89.0 Å². The van der Waals surface area contributed by atoms with Crippen LogP contribution in [0.3, 0.4) is 0 Å². The molecule has 0 saturated heterocycles. The molecule has 3 aromatic rings. The van der Waals surface area contributed by atoms with Gasteiger partial charge in [0.15, 0.2) is 11.5 Å². The molecule has 0 bridgehead atoms. The number of fused-ring (bicyclic) bond motifs is 1. The summed E-state index contributed by atoms with van der Waals surface area (Å²) in [5, 5.41) is 5.20. The van der Waals surface area contributed by atoms with Crippen LogP contribution in [0.2, 0.25) is 0 Å². The topological polar surface area (TPSA) is 76.7 Å². The number of ether oxygens (including phenoxy) is 2. The number of benzene rings is 3. The van der Waals surface area contributed by atoms with E-state index < -0.39 is 29.1 Å². The number of alkyl halides is 3. The molecular weight excluding hydrogens is 437 g/mol. The van der Waals surface area contributed by atoms with Crippen LogP contribution in [0.25, 0.3) is 0 Å². The predicted octanol–water partition coefficient (Wildman–Crippen LogP) is 4.66. The van der Waals surface area contributed by atoms with Gasteiger partial charge in [-0.05, 0) is 36.4 Å². The Morgan fingerprint density at radius 3 is 2.45 bits per heavy atom. The zero-order valence-electron chi connectivity index (χ0n) is 17.2. The van der Waals surface area contributed by atoms with Crippen molar-refractivity contribution in [1.82, 2.24) is 5.32 Å². The van der Waals surface area contributed by atoms with E-state index in [0.717, 1.165) is 17.7 Å². The van der Waals surface area contributed by atoms with Crippen LogP contribution < -0.4 is 20.1 Å². The minimum absolute atomic E-state index is 0.181. The number of para-hydroxylation sites is 1. The zero-order chi connectivity index (χ0) is 23.4. The molecule has 0 saturated carbocycles. The normalized spacial score (nSPS) is 12.7. The van der Waals surface area contributed by atoms with Gasteiger partial charge in [-0.1, -0.05) is 30.3 Å². The molecule has 170 valence electrons. The second-order valence-electron chi connectivity index (χ2n) is 7.20. The van der Waals surface area contributed by atoms with E-state index in [4.69, 9.17) is 9.47 Å². The van der Waals surface area contributed by atoms with Crippen LogP contribution in [0.5, 0.6) is 11.5 Å². The lowest BCUT2D eigenvalue weighted by Crippen LogP contribution is -2.24. The quantitative estimate of drug-likeness (QED) is 0.586. The first-order valence-corrected chi connectivity index (χ1v) is 10.1. The van der Waals surface area contributed by atoms with Crippen molar-refractivity contribution in [1.29, 1.82) is 0 Å². The van der Waals surface area contributed by atoms with E-state index in [0.29, 0.717) is 24.7 Å². The Bertz CT molecular complexity index is 1190. The minimum atomic E-state index is -4.67. The minimum Gasteiger partial charge on any atom is -0.486 e. The summed E-state index contributed by atoms with van der Waals surface area (Å²) >= 11 is 0. The molecule has 0 unspecified atom stereocenters. The van der Waals surface area contributed by atoms with Crippen molar-refractivity contribution < 1.29 is 32.2 Å². The van der Waals surface area contributed by atoms with Crippen LogP contribution in [-0.4, -0.2) is 25.0 Å². The first kappa shape index (κ1) is 22.2. The fourth-order valence-electron chi connectivity index (χ4n) is 3.42. The van der Waals surface area contributed by atoms with Gasteiger partial charge in [0, 0.05) is 23.4 Å². The van der Waals surface area contributed by atoms with E-state index in [2.05, 4.69) is 10.6 Å². The van der Waals surface area contributed by atoms with E-state index in [-0.39, 0.29) is 17.8 Å². The fourth-order valence-corrected chi connectivity index (χ4v) is 3.42. The van der Waals surface area contributed by atoms with E-state index in [9.17, 15) is 22.8 Å². The van der Waals surface area contributed by atoms with Gasteiger partial charge < -0.3 is 20.1 Å². The molecular formula is C24H19F3N2O4. The van der Waals surface area contributed by atoms with E-state index in [1.54, 1.807) is 12.1 Å². The zero-order valence-corrected chi connectivity index (χ0v) is 17.2. The Morgan fingerprint density at radius 1 is 0.879 bits per heavy atom. The number of hydrogen-bond acceptors (Lipinski definition) is 4. The highest BCUT2D eigenvalue weighted by atomic mass is 19.4. The maximum Gasteiger partial charge on any atom is 0.417 e. The van der Waals surface area contributed by atoms with Gasteiger partial charge in [-0.15, -0.1) is 0 Å². The molecule has 1 aliphatic heterocycles.